The van der Waals surface area contributed by atoms with Gasteiger partial charge in [0.2, 0.25) is 17.7 Å². The molecule has 0 heterocycles. The van der Waals surface area contributed by atoms with Gasteiger partial charge in [0, 0.05) is 38.5 Å². The molecule has 4 N–H and O–H groups in total. The van der Waals surface area contributed by atoms with Gasteiger partial charge < -0.3 is 21.3 Å². The van der Waals surface area contributed by atoms with E-state index in [1.54, 1.807) is 0 Å². The lowest BCUT2D eigenvalue weighted by Gasteiger charge is -2.24. The fraction of sp³-hybridized carbons (Fsp3) is 0.903. The molecule has 0 fully saturated rings. The molecule has 7 heteroatoms. The van der Waals surface area contributed by atoms with Crippen molar-refractivity contribution >= 4 is 17.7 Å². The number of unbranched alkanes of at least 4 members (excludes halogenated alkanes) is 8. The largest absolute Gasteiger partial charge is 0.356 e. The number of carbonyl (C=O) groups excluding carboxylic acids is 3. The van der Waals surface area contributed by atoms with Gasteiger partial charge in [-0.25, -0.2) is 0 Å². The lowest BCUT2D eigenvalue weighted by Crippen LogP contribution is -2.45. The third-order valence-corrected chi connectivity index (χ3v) is 8.13. The van der Waals surface area contributed by atoms with Gasteiger partial charge in [0.25, 0.3) is 0 Å². The van der Waals surface area contributed by atoms with Gasteiger partial charge in [0.05, 0.1) is 6.04 Å². The van der Waals surface area contributed by atoms with Crippen LogP contribution in [0.25, 0.3) is 0 Å². The van der Waals surface area contributed by atoms with Crippen molar-refractivity contribution in [3.05, 3.63) is 0 Å². The minimum Gasteiger partial charge on any atom is -0.356 e. The maximum atomic E-state index is 13.0. The molecular weight excluding hydrogens is 476 g/mol. The van der Waals surface area contributed by atoms with Crippen molar-refractivity contribution in [2.45, 2.75) is 137 Å². The van der Waals surface area contributed by atoms with Gasteiger partial charge in [-0.15, -0.1) is 0 Å². The molecule has 0 aliphatic heterocycles. The molecule has 0 aromatic rings. The number of nitrogens with one attached hydrogen (secondary N) is 2. The first-order valence-corrected chi connectivity index (χ1v) is 15.8. The van der Waals surface area contributed by atoms with Crippen molar-refractivity contribution in [2.75, 3.05) is 26.2 Å². The number of amides is 3. The van der Waals surface area contributed by atoms with E-state index in [-0.39, 0.29) is 29.6 Å². The van der Waals surface area contributed by atoms with E-state index in [1.165, 1.54) is 44.9 Å². The van der Waals surface area contributed by atoms with Crippen molar-refractivity contribution in [3.63, 3.8) is 0 Å². The van der Waals surface area contributed by atoms with E-state index in [0.717, 1.165) is 32.1 Å². The highest BCUT2D eigenvalue weighted by Gasteiger charge is 2.20. The molecule has 224 valence electrons. The Balaban J connectivity index is 4.55. The Morgan fingerprint density at radius 2 is 1.13 bits per heavy atom. The van der Waals surface area contributed by atoms with Crippen LogP contribution in [0.15, 0.2) is 0 Å². The van der Waals surface area contributed by atoms with Gasteiger partial charge >= 0.3 is 0 Å². The van der Waals surface area contributed by atoms with Gasteiger partial charge in [0.1, 0.15) is 0 Å². The lowest BCUT2D eigenvalue weighted by atomic mass is 9.93. The summed E-state index contributed by atoms with van der Waals surface area (Å²) in [5, 5.41) is 5.97. The summed E-state index contributed by atoms with van der Waals surface area (Å²) in [7, 11) is 0. The number of rotatable bonds is 24. The molecule has 0 spiro atoms. The van der Waals surface area contributed by atoms with E-state index in [1.807, 2.05) is 25.7 Å². The maximum Gasteiger partial charge on any atom is 0.237 e. The Hall–Kier alpha value is -1.63. The van der Waals surface area contributed by atoms with E-state index in [4.69, 9.17) is 5.73 Å². The molecule has 0 saturated heterocycles. The van der Waals surface area contributed by atoms with Gasteiger partial charge in [-0.05, 0) is 31.1 Å². The minimum absolute atomic E-state index is 0.00483. The zero-order valence-electron chi connectivity index (χ0n) is 25.8. The summed E-state index contributed by atoms with van der Waals surface area (Å²) < 4.78 is 0. The molecular formula is C31H62N4O3. The van der Waals surface area contributed by atoms with Crippen molar-refractivity contribution in [3.8, 4) is 0 Å². The third-order valence-electron chi connectivity index (χ3n) is 8.13. The van der Waals surface area contributed by atoms with Crippen LogP contribution in [0, 0.1) is 17.8 Å². The molecule has 0 saturated carbocycles. The van der Waals surface area contributed by atoms with Gasteiger partial charge in [-0.1, -0.05) is 106 Å². The molecule has 0 radical (unpaired) electrons. The minimum atomic E-state index is -0.495. The standard InChI is InChI=1S/C31H62N4O3/c1-7-10-11-12-13-14-15-16-17-20-28(36)35(23-18-21-33-30(37)27(6)25(4)8-2)24-19-22-34-31(38)29(32)26(5)9-3/h25-27,29H,7-24,32H2,1-6H3,(H,33,37)(H,34,38)/t25?,26?,27-,29-/m0/s1. The number of hydrogen-bond donors (Lipinski definition) is 3. The summed E-state index contributed by atoms with van der Waals surface area (Å²) in [6, 6.07) is -0.495. The topological polar surface area (TPSA) is 105 Å². The molecule has 0 aliphatic carbocycles. The van der Waals surface area contributed by atoms with E-state index in [0.29, 0.717) is 44.9 Å². The summed E-state index contributed by atoms with van der Waals surface area (Å²) >= 11 is 0. The highest BCUT2D eigenvalue weighted by Crippen LogP contribution is 2.14. The Bertz CT molecular complexity index is 592. The average molecular weight is 539 g/mol. The van der Waals surface area contributed by atoms with Gasteiger partial charge in [-0.2, -0.15) is 0 Å². The van der Waals surface area contributed by atoms with Crippen LogP contribution in [-0.2, 0) is 14.4 Å². The molecule has 0 rings (SSSR count). The van der Waals surface area contributed by atoms with Crippen molar-refractivity contribution in [2.24, 2.45) is 23.5 Å². The molecule has 2 unspecified atom stereocenters. The van der Waals surface area contributed by atoms with Crippen LogP contribution in [0.3, 0.4) is 0 Å². The second-order valence-electron chi connectivity index (χ2n) is 11.3. The van der Waals surface area contributed by atoms with Crippen LogP contribution in [0.1, 0.15) is 131 Å². The lowest BCUT2D eigenvalue weighted by molar-refractivity contribution is -0.131. The fourth-order valence-corrected chi connectivity index (χ4v) is 4.47. The van der Waals surface area contributed by atoms with Gasteiger partial charge in [0.15, 0.2) is 0 Å². The van der Waals surface area contributed by atoms with E-state index in [2.05, 4.69) is 31.4 Å². The quantitative estimate of drug-likeness (QED) is 0.135. The van der Waals surface area contributed by atoms with E-state index >= 15 is 0 Å². The Kier molecular flexibility index (Phi) is 22.3. The predicted octanol–water partition coefficient (Wildman–Crippen LogP) is 5.80. The van der Waals surface area contributed by atoms with Crippen LogP contribution >= 0.6 is 0 Å². The number of hydrogen-bond acceptors (Lipinski definition) is 4. The van der Waals surface area contributed by atoms with Crippen LogP contribution in [0.4, 0.5) is 0 Å². The molecule has 0 bridgehead atoms. The van der Waals surface area contributed by atoms with Crippen LogP contribution < -0.4 is 16.4 Å². The number of nitrogens with two attached hydrogens (primary N) is 1. The molecule has 3 amide bonds. The van der Waals surface area contributed by atoms with Crippen molar-refractivity contribution < 1.29 is 14.4 Å². The number of carbonyl (C=O) groups is 3. The summed E-state index contributed by atoms with van der Waals surface area (Å²) in [5.41, 5.74) is 6.02. The monoisotopic (exact) mass is 538 g/mol. The number of nitrogens with zero attached hydrogens (tertiary/aromatic N) is 1. The smallest absolute Gasteiger partial charge is 0.237 e. The Labute approximate surface area is 234 Å². The van der Waals surface area contributed by atoms with Crippen LogP contribution in [0.5, 0.6) is 0 Å². The molecule has 0 aromatic heterocycles. The predicted molar refractivity (Wildman–Crippen MR) is 160 cm³/mol. The fourth-order valence-electron chi connectivity index (χ4n) is 4.47. The highest BCUT2D eigenvalue weighted by molar-refractivity contribution is 5.81. The molecule has 0 aromatic carbocycles. The molecule has 4 atom stereocenters. The van der Waals surface area contributed by atoms with Crippen LogP contribution in [-0.4, -0.2) is 54.8 Å². The Morgan fingerprint density at radius 3 is 1.63 bits per heavy atom. The third kappa shape index (κ3) is 17.1. The molecule has 7 nitrogen and oxygen atoms in total. The van der Waals surface area contributed by atoms with Crippen molar-refractivity contribution in [1.29, 1.82) is 0 Å². The SMILES string of the molecule is CCCCCCCCCCCC(=O)N(CCCNC(=O)[C@@H](C)C(C)CC)CCCNC(=O)[C@@H](N)C(C)CC. The van der Waals surface area contributed by atoms with Crippen LogP contribution in [0.2, 0.25) is 0 Å². The molecule has 0 aliphatic rings. The second-order valence-corrected chi connectivity index (χ2v) is 11.3. The highest BCUT2D eigenvalue weighted by atomic mass is 16.2. The normalized spacial score (nSPS) is 14.4. The summed E-state index contributed by atoms with van der Waals surface area (Å²) in [6.07, 6.45) is 14.9. The second kappa shape index (κ2) is 23.3. The summed E-state index contributed by atoms with van der Waals surface area (Å²) in [4.78, 5) is 39.6. The average Bonchev–Trinajstić information content (AvgIpc) is 2.92. The summed E-state index contributed by atoms with van der Waals surface area (Å²) in [5.74, 6) is 0.637. The van der Waals surface area contributed by atoms with Gasteiger partial charge in [-0.3, -0.25) is 14.4 Å². The first-order valence-electron chi connectivity index (χ1n) is 15.8. The zero-order chi connectivity index (χ0) is 28.8. The molecule has 38 heavy (non-hydrogen) atoms. The summed E-state index contributed by atoms with van der Waals surface area (Å²) in [6.45, 7) is 14.7. The first kappa shape index (κ1) is 36.4. The van der Waals surface area contributed by atoms with Crippen molar-refractivity contribution in [1.82, 2.24) is 15.5 Å². The zero-order valence-corrected chi connectivity index (χ0v) is 25.8. The first-order chi connectivity index (χ1) is 18.2. The van der Waals surface area contributed by atoms with E-state index in [9.17, 15) is 14.4 Å². The van der Waals surface area contributed by atoms with E-state index < -0.39 is 6.04 Å². The Morgan fingerprint density at radius 1 is 0.658 bits per heavy atom. The maximum absolute atomic E-state index is 13.0.